The molecule has 2 atom stereocenters. The fourth-order valence-corrected chi connectivity index (χ4v) is 2.93. The lowest BCUT2D eigenvalue weighted by Crippen LogP contribution is -2.28. The summed E-state index contributed by atoms with van der Waals surface area (Å²) in [5.41, 5.74) is 1.29. The van der Waals surface area contributed by atoms with Crippen LogP contribution in [0.25, 0.3) is 0 Å². The third kappa shape index (κ3) is 2.03. The van der Waals surface area contributed by atoms with Gasteiger partial charge in [-0.2, -0.15) is 0 Å². The predicted octanol–water partition coefficient (Wildman–Crippen LogP) is 2.57. The molecule has 0 spiro atoms. The van der Waals surface area contributed by atoms with E-state index >= 15 is 0 Å². The zero-order chi connectivity index (χ0) is 12.8. The van der Waals surface area contributed by atoms with E-state index in [1.54, 1.807) is 0 Å². The molecule has 1 fully saturated rings. The van der Waals surface area contributed by atoms with Crippen LogP contribution >= 0.6 is 0 Å². The minimum atomic E-state index is 0.114. The molecule has 2 aliphatic heterocycles. The zero-order valence-corrected chi connectivity index (χ0v) is 11.6. The predicted molar refractivity (Wildman–Crippen MR) is 72.0 cm³/mol. The normalized spacial score (nSPS) is 27.9. The van der Waals surface area contributed by atoms with Crippen molar-refractivity contribution in [3.05, 3.63) is 11.9 Å². The molecule has 0 amide bonds. The Morgan fingerprint density at radius 2 is 2.22 bits per heavy atom. The first-order valence-corrected chi connectivity index (χ1v) is 6.96. The van der Waals surface area contributed by atoms with Crippen molar-refractivity contribution in [2.45, 2.75) is 45.1 Å². The third-order valence-electron chi connectivity index (χ3n) is 4.09. The van der Waals surface area contributed by atoms with Crippen molar-refractivity contribution in [3.8, 4) is 0 Å². The van der Waals surface area contributed by atoms with E-state index in [2.05, 4.69) is 36.9 Å². The molecule has 0 saturated carbocycles. The van der Waals surface area contributed by atoms with Crippen LogP contribution in [0.5, 0.6) is 0 Å². The average Bonchev–Trinajstić information content (AvgIpc) is 2.96. The number of imidazole rings is 1. The summed E-state index contributed by atoms with van der Waals surface area (Å²) in [5, 5.41) is 3.42. The first kappa shape index (κ1) is 12.0. The van der Waals surface area contributed by atoms with Crippen LogP contribution in [0, 0.1) is 5.92 Å². The summed E-state index contributed by atoms with van der Waals surface area (Å²) < 4.78 is 7.90. The van der Waals surface area contributed by atoms with Gasteiger partial charge >= 0.3 is 0 Å². The summed E-state index contributed by atoms with van der Waals surface area (Å²) in [6.07, 6.45) is 4.61. The Labute approximate surface area is 109 Å². The van der Waals surface area contributed by atoms with Crippen molar-refractivity contribution in [1.82, 2.24) is 9.55 Å². The van der Waals surface area contributed by atoms with E-state index < -0.39 is 0 Å². The summed E-state index contributed by atoms with van der Waals surface area (Å²) in [4.78, 5) is 4.75. The Balaban J connectivity index is 1.92. The molecule has 2 aliphatic rings. The molecule has 0 radical (unpaired) electrons. The summed E-state index contributed by atoms with van der Waals surface area (Å²) in [6.45, 7) is 9.51. The molecule has 3 heterocycles. The van der Waals surface area contributed by atoms with Gasteiger partial charge in [0.25, 0.3) is 0 Å². The molecule has 4 heteroatoms. The fraction of sp³-hybridized carbons (Fsp3) is 0.786. The van der Waals surface area contributed by atoms with Gasteiger partial charge in [0.2, 0.25) is 5.95 Å². The molecular weight excluding hydrogens is 226 g/mol. The second-order valence-corrected chi connectivity index (χ2v) is 6.51. The van der Waals surface area contributed by atoms with Crippen LogP contribution in [-0.2, 0) is 10.2 Å². The molecule has 2 unspecified atom stereocenters. The number of hydrogen-bond donors (Lipinski definition) is 1. The molecule has 0 aromatic carbocycles. The topological polar surface area (TPSA) is 39.1 Å². The Morgan fingerprint density at radius 3 is 2.89 bits per heavy atom. The number of fused-ring (bicyclic) bond motifs is 1. The van der Waals surface area contributed by atoms with Gasteiger partial charge in [0.05, 0.1) is 12.3 Å². The van der Waals surface area contributed by atoms with Crippen molar-refractivity contribution >= 4 is 5.95 Å². The van der Waals surface area contributed by atoms with E-state index in [0.717, 1.165) is 25.7 Å². The van der Waals surface area contributed by atoms with E-state index in [9.17, 15) is 0 Å². The smallest absolute Gasteiger partial charge is 0.203 e. The molecule has 18 heavy (non-hydrogen) atoms. The van der Waals surface area contributed by atoms with Crippen LogP contribution < -0.4 is 5.32 Å². The van der Waals surface area contributed by atoms with Gasteiger partial charge in [-0.05, 0) is 12.8 Å². The molecule has 3 rings (SSSR count). The van der Waals surface area contributed by atoms with Gasteiger partial charge in [0, 0.05) is 36.7 Å². The van der Waals surface area contributed by atoms with Gasteiger partial charge < -0.3 is 14.6 Å². The number of hydrogen-bond acceptors (Lipinski definition) is 3. The highest BCUT2D eigenvalue weighted by Gasteiger charge is 2.32. The van der Waals surface area contributed by atoms with Gasteiger partial charge in [-0.15, -0.1) is 0 Å². The molecule has 4 nitrogen and oxygen atoms in total. The lowest BCUT2D eigenvalue weighted by atomic mass is 9.92. The summed E-state index contributed by atoms with van der Waals surface area (Å²) >= 11 is 0. The first-order valence-electron chi connectivity index (χ1n) is 6.96. The van der Waals surface area contributed by atoms with Crippen LogP contribution in [0.3, 0.4) is 0 Å². The lowest BCUT2D eigenvalue weighted by Gasteiger charge is -2.29. The molecule has 0 aliphatic carbocycles. The van der Waals surface area contributed by atoms with Gasteiger partial charge in [0.1, 0.15) is 0 Å². The number of rotatable bonds is 1. The van der Waals surface area contributed by atoms with Crippen molar-refractivity contribution in [2.24, 2.45) is 5.92 Å². The molecule has 1 saturated heterocycles. The number of ether oxygens (including phenoxy) is 1. The Morgan fingerprint density at radius 1 is 1.39 bits per heavy atom. The maximum atomic E-state index is 5.55. The fourth-order valence-electron chi connectivity index (χ4n) is 2.93. The lowest BCUT2D eigenvalue weighted by molar-refractivity contribution is 0.170. The number of anilines is 1. The van der Waals surface area contributed by atoms with E-state index in [1.807, 2.05) is 0 Å². The first-order chi connectivity index (χ1) is 8.55. The molecular formula is C14H23N3O. The van der Waals surface area contributed by atoms with Crippen LogP contribution in [0.2, 0.25) is 0 Å². The molecule has 100 valence electrons. The maximum Gasteiger partial charge on any atom is 0.203 e. The minimum Gasteiger partial charge on any atom is -0.381 e. The summed E-state index contributed by atoms with van der Waals surface area (Å²) in [5.74, 6) is 1.70. The van der Waals surface area contributed by atoms with E-state index in [0.29, 0.717) is 12.0 Å². The Bertz CT molecular complexity index is 427. The second kappa shape index (κ2) is 4.26. The number of nitrogens with one attached hydrogen (secondary N) is 1. The standard InChI is InChI=1S/C14H23N3O/c1-14(2,3)12-8-17-11(10-5-7-18-9-10)4-6-15-13(17)16-12/h8,10-11H,4-7,9H2,1-3H3,(H,15,16). The highest BCUT2D eigenvalue weighted by Crippen LogP contribution is 2.36. The minimum absolute atomic E-state index is 0.114. The van der Waals surface area contributed by atoms with Gasteiger partial charge in [-0.3, -0.25) is 0 Å². The largest absolute Gasteiger partial charge is 0.381 e. The summed E-state index contributed by atoms with van der Waals surface area (Å²) in [7, 11) is 0. The molecule has 1 aromatic rings. The van der Waals surface area contributed by atoms with Crippen LogP contribution in [0.15, 0.2) is 6.20 Å². The monoisotopic (exact) mass is 249 g/mol. The van der Waals surface area contributed by atoms with Crippen LogP contribution in [-0.4, -0.2) is 29.3 Å². The average molecular weight is 249 g/mol. The van der Waals surface area contributed by atoms with Gasteiger partial charge in [-0.1, -0.05) is 20.8 Å². The van der Waals surface area contributed by atoms with E-state index in [4.69, 9.17) is 9.72 Å². The van der Waals surface area contributed by atoms with E-state index in [-0.39, 0.29) is 5.41 Å². The quantitative estimate of drug-likeness (QED) is 0.831. The number of aromatic nitrogens is 2. The highest BCUT2D eigenvalue weighted by molar-refractivity contribution is 5.34. The van der Waals surface area contributed by atoms with E-state index in [1.165, 1.54) is 18.5 Å². The van der Waals surface area contributed by atoms with Crippen molar-refractivity contribution in [3.63, 3.8) is 0 Å². The highest BCUT2D eigenvalue weighted by atomic mass is 16.5. The van der Waals surface area contributed by atoms with Crippen LogP contribution in [0.1, 0.15) is 45.3 Å². The van der Waals surface area contributed by atoms with Crippen molar-refractivity contribution < 1.29 is 4.74 Å². The maximum absolute atomic E-state index is 5.55. The van der Waals surface area contributed by atoms with Crippen molar-refractivity contribution in [2.75, 3.05) is 25.1 Å². The zero-order valence-electron chi connectivity index (χ0n) is 11.6. The second-order valence-electron chi connectivity index (χ2n) is 6.51. The molecule has 0 bridgehead atoms. The summed E-state index contributed by atoms with van der Waals surface area (Å²) in [6, 6.07) is 0.562. The SMILES string of the molecule is CC(C)(C)c1cn2c(n1)NCCC2C1CCOC1. The Hall–Kier alpha value is -1.03. The van der Waals surface area contributed by atoms with Gasteiger partial charge in [-0.25, -0.2) is 4.98 Å². The molecule has 1 aromatic heterocycles. The molecule has 1 N–H and O–H groups in total. The number of nitrogens with zero attached hydrogens (tertiary/aromatic N) is 2. The van der Waals surface area contributed by atoms with Crippen LogP contribution in [0.4, 0.5) is 5.95 Å². The van der Waals surface area contributed by atoms with Crippen molar-refractivity contribution in [1.29, 1.82) is 0 Å². The van der Waals surface area contributed by atoms with Gasteiger partial charge in [0.15, 0.2) is 0 Å². The Kier molecular flexibility index (Phi) is 2.85. The third-order valence-corrected chi connectivity index (χ3v) is 4.09.